The topological polar surface area (TPSA) is 197 Å². The lowest BCUT2D eigenvalue weighted by Crippen LogP contribution is -2.62. The lowest BCUT2D eigenvalue weighted by atomic mass is 10.0. The van der Waals surface area contributed by atoms with Gasteiger partial charge in [-0.15, -0.1) is 0 Å². The third kappa shape index (κ3) is 3.71. The molecule has 2 rings (SSSR count). The summed E-state index contributed by atoms with van der Waals surface area (Å²) in [6.07, 6.45) is -9.67. The maximum atomic E-state index is 11.8. The van der Waals surface area contributed by atoms with E-state index in [9.17, 15) is 44.3 Å². The molecule has 0 amide bonds. The van der Waals surface area contributed by atoms with Crippen molar-refractivity contribution in [3.63, 3.8) is 0 Å². The van der Waals surface area contributed by atoms with Crippen LogP contribution in [0.1, 0.15) is 0 Å². The fourth-order valence-corrected chi connectivity index (χ4v) is 6.97. The molecular weight excluding hydrogens is 372 g/mol. The molecule has 0 bridgehead atoms. The Labute approximate surface area is 140 Å². The number of hydrogen-bond donors (Lipinski definition) is 6. The summed E-state index contributed by atoms with van der Waals surface area (Å²) in [6.45, 7) is -0.475. The summed E-state index contributed by atoms with van der Waals surface area (Å²) in [7, 11) is -5.78. The van der Waals surface area contributed by atoms with Crippen molar-refractivity contribution in [1.29, 1.82) is 0 Å². The van der Waals surface area contributed by atoms with Crippen LogP contribution in [-0.2, 0) is 30.1 Å². The Kier molecular flexibility index (Phi) is 6.47. The van der Waals surface area contributed by atoms with E-state index >= 15 is 0 Å². The summed E-state index contributed by atoms with van der Waals surface area (Å²) in [4.78, 5) is 0. The lowest BCUT2D eigenvalue weighted by Gasteiger charge is -2.39. The van der Waals surface area contributed by atoms with E-state index < -0.39 is 74.9 Å². The van der Waals surface area contributed by atoms with E-state index in [4.69, 9.17) is 4.74 Å². The second-order valence-electron chi connectivity index (χ2n) is 5.72. The van der Waals surface area contributed by atoms with Crippen LogP contribution in [0.2, 0.25) is 0 Å². The van der Waals surface area contributed by atoms with Crippen molar-refractivity contribution in [3.05, 3.63) is 0 Å². The summed E-state index contributed by atoms with van der Waals surface area (Å²) in [5, 5.41) is 65.7. The van der Waals surface area contributed by atoms with Crippen LogP contribution in [0.4, 0.5) is 0 Å². The zero-order chi connectivity index (χ0) is 18.2. The number of hydrogen-bond acceptors (Lipinski definition) is 11. The highest BCUT2D eigenvalue weighted by Crippen LogP contribution is 2.31. The van der Waals surface area contributed by atoms with Crippen LogP contribution >= 0.6 is 0 Å². The van der Waals surface area contributed by atoms with E-state index in [0.29, 0.717) is 0 Å². The van der Waals surface area contributed by atoms with Crippen molar-refractivity contribution in [2.75, 3.05) is 18.1 Å². The van der Waals surface area contributed by atoms with E-state index in [1.165, 1.54) is 0 Å². The number of ether oxygens (including phenoxy) is 1. The van der Waals surface area contributed by atoms with E-state index in [2.05, 4.69) is 4.33 Å². The van der Waals surface area contributed by atoms with E-state index in [-0.39, 0.29) is 11.5 Å². The molecule has 11 nitrogen and oxygen atoms in total. The van der Waals surface area contributed by atoms with Gasteiger partial charge in [0.05, 0.1) is 6.61 Å². The molecule has 0 aromatic heterocycles. The van der Waals surface area contributed by atoms with Gasteiger partial charge in [0, 0.05) is 10.9 Å². The highest BCUT2D eigenvalue weighted by molar-refractivity contribution is 7.98. The average Bonchev–Trinajstić information content (AvgIpc) is 2.78. The first-order valence-electron chi connectivity index (χ1n) is 7.02. The summed E-state index contributed by atoms with van der Waals surface area (Å²) in [5.41, 5.74) is 0. The molecule has 2 unspecified atom stereocenters. The minimum Gasteiger partial charge on any atom is -0.707 e. The van der Waals surface area contributed by atoms with E-state index in [0.717, 1.165) is 0 Å². The molecule has 0 aliphatic carbocycles. The van der Waals surface area contributed by atoms with Crippen LogP contribution < -0.4 is 5.26 Å². The Morgan fingerprint density at radius 2 is 1.75 bits per heavy atom. The minimum atomic E-state index is -4.85. The van der Waals surface area contributed by atoms with Gasteiger partial charge < -0.3 is 45.0 Å². The van der Waals surface area contributed by atoms with Crippen LogP contribution in [0.15, 0.2) is 0 Å². The lowest BCUT2D eigenvalue weighted by molar-refractivity contribution is -0.635. The van der Waals surface area contributed by atoms with Gasteiger partial charge in [-0.3, -0.25) is 0 Å². The molecule has 6 N–H and O–H groups in total. The third-order valence-electron chi connectivity index (χ3n) is 4.23. The maximum absolute atomic E-state index is 11.8. The predicted molar refractivity (Wildman–Crippen MR) is 76.7 cm³/mol. The molecule has 13 heteroatoms. The molecule has 2 aliphatic rings. The molecule has 2 aliphatic heterocycles. The fourth-order valence-electron chi connectivity index (χ4n) is 2.96. The van der Waals surface area contributed by atoms with Crippen LogP contribution in [0.25, 0.3) is 0 Å². The van der Waals surface area contributed by atoms with E-state index in [1.54, 1.807) is 0 Å². The summed E-state index contributed by atoms with van der Waals surface area (Å²) < 4.78 is 31.7. The van der Waals surface area contributed by atoms with E-state index in [1.807, 2.05) is 0 Å². The Hall–Kier alpha value is -0.0600. The first kappa shape index (κ1) is 20.3. The molecule has 0 aromatic carbocycles. The molecule has 0 aromatic rings. The Morgan fingerprint density at radius 3 is 2.29 bits per heavy atom. The zero-order valence-corrected chi connectivity index (χ0v) is 13.9. The second kappa shape index (κ2) is 7.67. The second-order valence-corrected chi connectivity index (χ2v) is 9.73. The molecule has 142 valence electrons. The molecule has 2 fully saturated rings. The van der Waals surface area contributed by atoms with Crippen molar-refractivity contribution in [2.45, 2.75) is 47.3 Å². The minimum absolute atomic E-state index is 0.0476. The zero-order valence-electron chi connectivity index (χ0n) is 12.3. The van der Waals surface area contributed by atoms with Gasteiger partial charge in [0.2, 0.25) is 0 Å². The molecule has 2 heterocycles. The number of aliphatic hydroxyl groups is 6. The summed E-state index contributed by atoms with van der Waals surface area (Å²) >= 11 is 0. The first-order chi connectivity index (χ1) is 11.1. The Balaban J connectivity index is 2.25. The van der Waals surface area contributed by atoms with Gasteiger partial charge in [0.25, 0.3) is 10.1 Å². The van der Waals surface area contributed by atoms with Gasteiger partial charge >= 0.3 is 0 Å². The molecule has 2 saturated heterocycles. The third-order valence-corrected chi connectivity index (χ3v) is 8.48. The summed E-state index contributed by atoms with van der Waals surface area (Å²) in [6, 6.07) is 0. The standard InChI is InChI=1S/C11H20O11S2/c12-1-6-7(14)4(13)2-23(6)3-5-10(24(19,20)22-18)8(15)9(16)11(17)21-5/h4-17H,1-3H2/t4-,5-,6-,7+,8-,9-,10-,11?,23?/m1/s1. The van der Waals surface area contributed by atoms with Crippen LogP contribution in [0.3, 0.4) is 0 Å². The first-order valence-corrected chi connectivity index (χ1v) is 10.1. The van der Waals surface area contributed by atoms with Gasteiger partial charge in [-0.1, -0.05) is 0 Å². The monoisotopic (exact) mass is 392 g/mol. The van der Waals surface area contributed by atoms with Crippen molar-refractivity contribution < 1.29 is 53.4 Å². The SMILES string of the molecule is O=S(=O)(O[O-])[C@H]1[C@H](O)[C@@H](O)C(O)O[C@@H]1C[S+]1C[C@@H](O)[C@H](O)[C@H]1CO. The maximum Gasteiger partial charge on any atom is 0.267 e. The van der Waals surface area contributed by atoms with Crippen LogP contribution in [0.5, 0.6) is 0 Å². The van der Waals surface area contributed by atoms with Gasteiger partial charge in [-0.2, -0.15) is 8.42 Å². The number of aliphatic hydroxyl groups excluding tert-OH is 6. The van der Waals surface area contributed by atoms with Gasteiger partial charge in [0.15, 0.2) is 11.5 Å². The normalized spacial score (nSPS) is 47.0. The Morgan fingerprint density at radius 1 is 1.12 bits per heavy atom. The fraction of sp³-hybridized carbons (Fsp3) is 1.00. The molecule has 24 heavy (non-hydrogen) atoms. The van der Waals surface area contributed by atoms with Gasteiger partial charge in [-0.25, -0.2) is 0 Å². The van der Waals surface area contributed by atoms with Crippen molar-refractivity contribution in [2.24, 2.45) is 0 Å². The van der Waals surface area contributed by atoms with Crippen molar-refractivity contribution >= 4 is 21.0 Å². The summed E-state index contributed by atoms with van der Waals surface area (Å²) in [5.74, 6) is -0.139. The number of rotatable bonds is 5. The van der Waals surface area contributed by atoms with Crippen LogP contribution in [0, 0.1) is 0 Å². The highest BCUT2D eigenvalue weighted by Gasteiger charge is 2.56. The van der Waals surface area contributed by atoms with Gasteiger partial charge in [-0.05, 0) is 0 Å². The van der Waals surface area contributed by atoms with Crippen molar-refractivity contribution in [1.82, 2.24) is 0 Å². The van der Waals surface area contributed by atoms with Crippen molar-refractivity contribution in [3.8, 4) is 0 Å². The predicted octanol–water partition coefficient (Wildman–Crippen LogP) is -5.87. The Bertz CT molecular complexity index is 528. The molecule has 0 saturated carbocycles. The molecule has 9 atom stereocenters. The van der Waals surface area contributed by atoms with Crippen LogP contribution in [-0.4, -0.2) is 104 Å². The highest BCUT2D eigenvalue weighted by atomic mass is 32.2. The molecular formula is C11H20O11S2. The largest absolute Gasteiger partial charge is 0.707 e. The average molecular weight is 392 g/mol. The van der Waals surface area contributed by atoms with Gasteiger partial charge in [0.1, 0.15) is 47.3 Å². The quantitative estimate of drug-likeness (QED) is 0.148. The molecule has 0 radical (unpaired) electrons. The smallest absolute Gasteiger partial charge is 0.267 e. The molecule has 0 spiro atoms.